The summed E-state index contributed by atoms with van der Waals surface area (Å²) in [5.74, 6) is 0.974. The van der Waals surface area contributed by atoms with Crippen LogP contribution in [-0.2, 0) is 4.74 Å². The Hall–Kier alpha value is -1.85. The lowest BCUT2D eigenvalue weighted by atomic mass is 10.2. The Labute approximate surface area is 139 Å². The third-order valence-electron chi connectivity index (χ3n) is 3.95. The molecule has 5 heteroatoms. The number of methoxy groups -OCH3 is 1. The number of hydrogen-bond acceptors (Lipinski definition) is 3. The molecule has 23 heavy (non-hydrogen) atoms. The van der Waals surface area contributed by atoms with E-state index in [9.17, 15) is 0 Å². The molecule has 1 aliphatic rings. The Morgan fingerprint density at radius 2 is 1.96 bits per heavy atom. The number of rotatable bonds is 6. The molecule has 0 aromatic heterocycles. The van der Waals surface area contributed by atoms with Crippen LogP contribution in [0.4, 0.5) is 0 Å². The second-order valence-corrected chi connectivity index (χ2v) is 5.57. The van der Waals surface area contributed by atoms with Crippen LogP contribution in [0.3, 0.4) is 0 Å². The van der Waals surface area contributed by atoms with Crippen LogP contribution in [0.15, 0.2) is 41.4 Å². The van der Waals surface area contributed by atoms with Crippen LogP contribution in [0, 0.1) is 0 Å². The average Bonchev–Trinajstić information content (AvgIpc) is 2.61. The third-order valence-corrected chi connectivity index (χ3v) is 3.95. The first-order valence-electron chi connectivity index (χ1n) is 8.22. The summed E-state index contributed by atoms with van der Waals surface area (Å²) in [6.07, 6.45) is 4.44. The summed E-state index contributed by atoms with van der Waals surface area (Å²) in [7, 11) is 3.55. The highest BCUT2D eigenvalue weighted by Gasteiger charge is 2.18. The highest BCUT2D eigenvalue weighted by atomic mass is 16.5. The largest absolute Gasteiger partial charge is 0.383 e. The molecule has 1 fully saturated rings. The fourth-order valence-corrected chi connectivity index (χ4v) is 2.64. The number of ether oxygens (including phenoxy) is 1. The maximum absolute atomic E-state index is 5.07. The highest BCUT2D eigenvalue weighted by molar-refractivity contribution is 5.80. The zero-order valence-electron chi connectivity index (χ0n) is 14.2. The van der Waals surface area contributed by atoms with Crippen LogP contribution in [0.5, 0.6) is 0 Å². The molecule has 0 radical (unpaired) electrons. The van der Waals surface area contributed by atoms with Gasteiger partial charge in [0.15, 0.2) is 5.96 Å². The van der Waals surface area contributed by atoms with Crippen LogP contribution >= 0.6 is 0 Å². The van der Waals surface area contributed by atoms with Gasteiger partial charge in [0, 0.05) is 53.4 Å². The SMILES string of the molecule is CN=C(NCCOC)N1CCN(CC=Cc2ccccc2)CC1. The molecule has 0 saturated carbocycles. The van der Waals surface area contributed by atoms with Gasteiger partial charge in [-0.05, 0) is 5.56 Å². The van der Waals surface area contributed by atoms with E-state index < -0.39 is 0 Å². The highest BCUT2D eigenvalue weighted by Crippen LogP contribution is 2.04. The van der Waals surface area contributed by atoms with Gasteiger partial charge in [0.05, 0.1) is 6.61 Å². The van der Waals surface area contributed by atoms with Crippen LogP contribution in [-0.4, -0.2) is 75.8 Å². The molecule has 1 aromatic rings. The van der Waals surface area contributed by atoms with Crippen molar-refractivity contribution >= 4 is 12.0 Å². The van der Waals surface area contributed by atoms with Gasteiger partial charge >= 0.3 is 0 Å². The zero-order chi connectivity index (χ0) is 16.3. The fourth-order valence-electron chi connectivity index (χ4n) is 2.64. The van der Waals surface area contributed by atoms with E-state index in [1.165, 1.54) is 5.56 Å². The second-order valence-electron chi connectivity index (χ2n) is 5.57. The number of nitrogens with one attached hydrogen (secondary N) is 1. The molecule has 2 rings (SSSR count). The van der Waals surface area contributed by atoms with Crippen molar-refractivity contribution in [3.63, 3.8) is 0 Å². The minimum absolute atomic E-state index is 0.698. The summed E-state index contributed by atoms with van der Waals surface area (Å²) >= 11 is 0. The number of guanidine groups is 1. The molecule has 1 saturated heterocycles. The molecule has 0 bridgehead atoms. The molecule has 5 nitrogen and oxygen atoms in total. The molecule has 1 aromatic carbocycles. The van der Waals surface area contributed by atoms with Crippen LogP contribution in [0.2, 0.25) is 0 Å². The van der Waals surface area contributed by atoms with E-state index in [2.05, 4.69) is 56.5 Å². The minimum Gasteiger partial charge on any atom is -0.383 e. The molecular formula is C18H28N4O. The van der Waals surface area contributed by atoms with E-state index in [1.807, 2.05) is 13.1 Å². The Morgan fingerprint density at radius 1 is 1.22 bits per heavy atom. The van der Waals surface area contributed by atoms with Gasteiger partial charge in [-0.2, -0.15) is 0 Å². The summed E-state index contributed by atoms with van der Waals surface area (Å²) in [5, 5.41) is 3.34. The first kappa shape index (κ1) is 17.5. The number of aliphatic imine (C=N–C) groups is 1. The van der Waals surface area contributed by atoms with E-state index in [4.69, 9.17) is 4.74 Å². The molecule has 0 atom stereocenters. The first-order chi connectivity index (χ1) is 11.3. The summed E-state index contributed by atoms with van der Waals surface area (Å²) in [4.78, 5) is 9.14. The predicted octanol–water partition coefficient (Wildman–Crippen LogP) is 1.54. The van der Waals surface area contributed by atoms with Gasteiger partial charge in [-0.15, -0.1) is 0 Å². The molecule has 126 valence electrons. The first-order valence-corrected chi connectivity index (χ1v) is 8.22. The number of benzene rings is 1. The summed E-state index contributed by atoms with van der Waals surface area (Å²) < 4.78 is 5.07. The summed E-state index contributed by atoms with van der Waals surface area (Å²) in [5.41, 5.74) is 1.26. The minimum atomic E-state index is 0.698. The lowest BCUT2D eigenvalue weighted by molar-refractivity contribution is 0.187. The van der Waals surface area contributed by atoms with Crippen molar-refractivity contribution in [1.29, 1.82) is 0 Å². The molecule has 0 aliphatic carbocycles. The van der Waals surface area contributed by atoms with Crippen molar-refractivity contribution < 1.29 is 4.74 Å². The van der Waals surface area contributed by atoms with E-state index in [0.717, 1.165) is 45.2 Å². The lowest BCUT2D eigenvalue weighted by Gasteiger charge is -2.36. The Bertz CT molecular complexity index is 493. The van der Waals surface area contributed by atoms with E-state index in [-0.39, 0.29) is 0 Å². The Morgan fingerprint density at radius 3 is 2.61 bits per heavy atom. The lowest BCUT2D eigenvalue weighted by Crippen LogP contribution is -2.52. The third kappa shape index (κ3) is 6.04. The Kier molecular flexibility index (Phi) is 7.63. The average molecular weight is 316 g/mol. The molecule has 1 heterocycles. The quantitative estimate of drug-likeness (QED) is 0.491. The van der Waals surface area contributed by atoms with Crippen LogP contribution in [0.25, 0.3) is 6.08 Å². The van der Waals surface area contributed by atoms with Crippen molar-refractivity contribution in [1.82, 2.24) is 15.1 Å². The maximum Gasteiger partial charge on any atom is 0.193 e. The van der Waals surface area contributed by atoms with E-state index in [0.29, 0.717) is 6.61 Å². The smallest absolute Gasteiger partial charge is 0.193 e. The maximum atomic E-state index is 5.07. The van der Waals surface area contributed by atoms with Crippen molar-refractivity contribution in [2.24, 2.45) is 4.99 Å². The standard InChI is InChI=1S/C18H28N4O/c1-19-18(20-10-16-23-2)22-14-12-21(13-15-22)11-6-9-17-7-4-3-5-8-17/h3-9H,10-16H2,1-2H3,(H,19,20). The van der Waals surface area contributed by atoms with Gasteiger partial charge in [0.25, 0.3) is 0 Å². The van der Waals surface area contributed by atoms with Gasteiger partial charge in [-0.25, -0.2) is 0 Å². The number of hydrogen-bond donors (Lipinski definition) is 1. The van der Waals surface area contributed by atoms with Crippen molar-refractivity contribution in [2.75, 3.05) is 60.0 Å². The Balaban J connectivity index is 1.72. The van der Waals surface area contributed by atoms with Gasteiger partial charge in [0.1, 0.15) is 0 Å². The van der Waals surface area contributed by atoms with Gasteiger partial charge in [0.2, 0.25) is 0 Å². The second kappa shape index (κ2) is 10.0. The summed E-state index contributed by atoms with van der Waals surface area (Å²) in [6, 6.07) is 10.4. The van der Waals surface area contributed by atoms with E-state index >= 15 is 0 Å². The monoisotopic (exact) mass is 316 g/mol. The summed E-state index contributed by atoms with van der Waals surface area (Å²) in [6.45, 7) is 6.62. The molecule has 0 unspecified atom stereocenters. The van der Waals surface area contributed by atoms with Gasteiger partial charge in [-0.3, -0.25) is 9.89 Å². The van der Waals surface area contributed by atoms with Crippen LogP contribution in [0.1, 0.15) is 5.56 Å². The number of piperazine rings is 1. The fraction of sp³-hybridized carbons (Fsp3) is 0.500. The zero-order valence-corrected chi connectivity index (χ0v) is 14.2. The predicted molar refractivity (Wildman–Crippen MR) is 96.7 cm³/mol. The number of nitrogens with zero attached hydrogens (tertiary/aromatic N) is 3. The van der Waals surface area contributed by atoms with Crippen molar-refractivity contribution in [2.45, 2.75) is 0 Å². The molecule has 1 N–H and O–H groups in total. The van der Waals surface area contributed by atoms with Gasteiger partial charge in [-0.1, -0.05) is 42.5 Å². The van der Waals surface area contributed by atoms with Gasteiger partial charge < -0.3 is 15.0 Å². The van der Waals surface area contributed by atoms with Crippen molar-refractivity contribution in [3.05, 3.63) is 42.0 Å². The van der Waals surface area contributed by atoms with Crippen molar-refractivity contribution in [3.8, 4) is 0 Å². The topological polar surface area (TPSA) is 40.1 Å². The molecule has 1 aliphatic heterocycles. The molecule has 0 amide bonds. The van der Waals surface area contributed by atoms with Crippen LogP contribution < -0.4 is 5.32 Å². The molecule has 0 spiro atoms. The normalized spacial score (nSPS) is 17.0. The van der Waals surface area contributed by atoms with E-state index in [1.54, 1.807) is 7.11 Å². The molecular weight excluding hydrogens is 288 g/mol.